The molecule has 0 spiro atoms. The summed E-state index contributed by atoms with van der Waals surface area (Å²) in [4.78, 5) is 9.09. The molecule has 0 saturated carbocycles. The molecule has 0 amide bonds. The average molecular weight is 287 g/mol. The van der Waals surface area contributed by atoms with E-state index in [9.17, 15) is 27.7 Å². The summed E-state index contributed by atoms with van der Waals surface area (Å²) in [5, 5.41) is 10.1. The third-order valence-corrected chi connectivity index (χ3v) is 2.13. The minimum absolute atomic E-state index is 0.162. The number of halogens is 4. The van der Waals surface area contributed by atoms with Crippen LogP contribution in [0.1, 0.15) is 5.56 Å². The molecule has 2 aromatic carbocycles. The van der Waals surface area contributed by atoms with Crippen LogP contribution in [0, 0.1) is 15.9 Å². The van der Waals surface area contributed by atoms with Crippen molar-refractivity contribution in [3.8, 4) is 0 Å². The van der Waals surface area contributed by atoms with Crippen molar-refractivity contribution in [3.05, 3.63) is 76.1 Å². The minimum Gasteiger partial charge on any atom is -0.258 e. The van der Waals surface area contributed by atoms with Crippen molar-refractivity contribution in [2.45, 2.75) is 6.18 Å². The Morgan fingerprint density at radius 1 is 0.950 bits per heavy atom. The van der Waals surface area contributed by atoms with Gasteiger partial charge in [-0.1, -0.05) is 36.4 Å². The first-order chi connectivity index (χ1) is 9.32. The van der Waals surface area contributed by atoms with Crippen molar-refractivity contribution in [1.82, 2.24) is 0 Å². The van der Waals surface area contributed by atoms with E-state index >= 15 is 0 Å². The molecule has 0 unspecified atom stereocenters. The average Bonchev–Trinajstić information content (AvgIpc) is 2.40. The third-order valence-electron chi connectivity index (χ3n) is 2.13. The Kier molecular flexibility index (Phi) is 5.19. The van der Waals surface area contributed by atoms with Gasteiger partial charge in [0.1, 0.15) is 5.82 Å². The molecule has 0 aliphatic rings. The zero-order valence-corrected chi connectivity index (χ0v) is 9.97. The van der Waals surface area contributed by atoms with E-state index in [-0.39, 0.29) is 6.07 Å². The number of nitro groups is 1. The van der Waals surface area contributed by atoms with Crippen molar-refractivity contribution < 1.29 is 22.5 Å². The number of nitrogens with zero attached hydrogens (tertiary/aromatic N) is 1. The predicted octanol–water partition coefficient (Wildman–Crippen LogP) is 4.44. The van der Waals surface area contributed by atoms with Crippen molar-refractivity contribution in [2.75, 3.05) is 0 Å². The van der Waals surface area contributed by atoms with Gasteiger partial charge in [0.25, 0.3) is 5.69 Å². The van der Waals surface area contributed by atoms with Gasteiger partial charge < -0.3 is 0 Å². The van der Waals surface area contributed by atoms with Crippen LogP contribution < -0.4 is 0 Å². The molecule has 0 aliphatic heterocycles. The molecule has 106 valence electrons. The molecule has 0 N–H and O–H groups in total. The lowest BCUT2D eigenvalue weighted by Crippen LogP contribution is -2.08. The summed E-state index contributed by atoms with van der Waals surface area (Å²) in [6.45, 7) is 0. The summed E-state index contributed by atoms with van der Waals surface area (Å²) in [6.07, 6.45) is -4.92. The van der Waals surface area contributed by atoms with Gasteiger partial charge in [-0.05, 0) is 6.07 Å². The van der Waals surface area contributed by atoms with Gasteiger partial charge in [-0.2, -0.15) is 13.2 Å². The smallest absolute Gasteiger partial charge is 0.258 e. The van der Waals surface area contributed by atoms with Gasteiger partial charge in [-0.25, -0.2) is 4.39 Å². The van der Waals surface area contributed by atoms with Crippen molar-refractivity contribution in [1.29, 1.82) is 0 Å². The second-order valence-electron chi connectivity index (χ2n) is 3.57. The summed E-state index contributed by atoms with van der Waals surface area (Å²) in [6, 6.07) is 13.3. The van der Waals surface area contributed by atoms with E-state index in [1.165, 1.54) is 0 Å². The lowest BCUT2D eigenvalue weighted by atomic mass is 10.2. The molecule has 0 radical (unpaired) electrons. The quantitative estimate of drug-likeness (QED) is 0.442. The Hall–Kier alpha value is -2.44. The largest absolute Gasteiger partial charge is 0.419 e. The molecule has 0 aromatic heterocycles. The van der Waals surface area contributed by atoms with Crippen molar-refractivity contribution >= 4 is 5.69 Å². The first-order valence-corrected chi connectivity index (χ1v) is 5.33. The second kappa shape index (κ2) is 6.65. The van der Waals surface area contributed by atoms with Gasteiger partial charge in [0.05, 0.1) is 10.5 Å². The highest BCUT2D eigenvalue weighted by molar-refractivity contribution is 5.36. The maximum Gasteiger partial charge on any atom is 0.419 e. The topological polar surface area (TPSA) is 43.1 Å². The number of rotatable bonds is 1. The van der Waals surface area contributed by atoms with Crippen molar-refractivity contribution in [2.24, 2.45) is 0 Å². The van der Waals surface area contributed by atoms with Gasteiger partial charge >= 0.3 is 6.18 Å². The maximum absolute atomic E-state index is 12.6. The molecule has 7 heteroatoms. The van der Waals surface area contributed by atoms with Crippen LogP contribution in [0.5, 0.6) is 0 Å². The van der Waals surface area contributed by atoms with E-state index in [1.807, 2.05) is 36.4 Å². The molecule has 0 saturated heterocycles. The van der Waals surface area contributed by atoms with Crippen LogP contribution in [-0.4, -0.2) is 4.92 Å². The number of benzene rings is 2. The summed E-state index contributed by atoms with van der Waals surface area (Å²) in [7, 11) is 0. The number of non-ortho nitro benzene ring substituents is 1. The molecule has 0 aliphatic carbocycles. The number of hydrogen-bond acceptors (Lipinski definition) is 2. The van der Waals surface area contributed by atoms with Crippen LogP contribution in [-0.2, 0) is 6.18 Å². The summed E-state index contributed by atoms with van der Waals surface area (Å²) in [5.74, 6) is -1.52. The molecular formula is C13H9F4NO2. The van der Waals surface area contributed by atoms with Gasteiger partial charge in [0.2, 0.25) is 0 Å². The van der Waals surface area contributed by atoms with E-state index in [4.69, 9.17) is 0 Å². The van der Waals surface area contributed by atoms with Gasteiger partial charge in [-0.15, -0.1) is 0 Å². The molecule has 3 nitrogen and oxygen atoms in total. The fourth-order valence-electron chi connectivity index (χ4n) is 1.23. The lowest BCUT2D eigenvalue weighted by molar-refractivity contribution is -0.385. The van der Waals surface area contributed by atoms with E-state index < -0.39 is 28.2 Å². The third kappa shape index (κ3) is 4.68. The van der Waals surface area contributed by atoms with Crippen LogP contribution >= 0.6 is 0 Å². The second-order valence-corrected chi connectivity index (χ2v) is 3.57. The SMILES string of the molecule is O=[N+]([O-])c1ccc(F)c(C(F)(F)F)c1.c1ccccc1. The highest BCUT2D eigenvalue weighted by Gasteiger charge is 2.35. The fraction of sp³-hybridized carbons (Fsp3) is 0.0769. The van der Waals surface area contributed by atoms with Crippen LogP contribution in [0.15, 0.2) is 54.6 Å². The zero-order chi connectivity index (χ0) is 15.2. The fourth-order valence-corrected chi connectivity index (χ4v) is 1.23. The molecule has 0 atom stereocenters. The standard InChI is InChI=1S/C7H3F4NO2.C6H6/c8-6-2-1-4(12(13)14)3-5(6)7(9,10)11;1-2-4-6-5-3-1/h1-3H;1-6H. The monoisotopic (exact) mass is 287 g/mol. The molecular weight excluding hydrogens is 278 g/mol. The first kappa shape index (κ1) is 15.6. The van der Waals surface area contributed by atoms with Crippen LogP contribution in [0.3, 0.4) is 0 Å². The van der Waals surface area contributed by atoms with E-state index in [1.54, 1.807) is 0 Å². The predicted molar refractivity (Wildman–Crippen MR) is 64.5 cm³/mol. The van der Waals surface area contributed by atoms with Gasteiger partial charge in [0.15, 0.2) is 0 Å². The Balaban J connectivity index is 0.000000276. The van der Waals surface area contributed by atoms with Crippen LogP contribution in [0.4, 0.5) is 23.2 Å². The number of hydrogen-bond donors (Lipinski definition) is 0. The van der Waals surface area contributed by atoms with E-state index in [0.717, 1.165) is 0 Å². The Morgan fingerprint density at radius 3 is 1.75 bits per heavy atom. The molecule has 2 aromatic rings. The first-order valence-electron chi connectivity index (χ1n) is 5.33. The zero-order valence-electron chi connectivity index (χ0n) is 9.97. The molecule has 0 heterocycles. The minimum atomic E-state index is -4.92. The Morgan fingerprint density at radius 2 is 1.40 bits per heavy atom. The Labute approximate surface area is 111 Å². The van der Waals surface area contributed by atoms with Crippen LogP contribution in [0.2, 0.25) is 0 Å². The van der Waals surface area contributed by atoms with Gasteiger partial charge in [0, 0.05) is 12.1 Å². The maximum atomic E-state index is 12.6. The van der Waals surface area contributed by atoms with Crippen LogP contribution in [0.25, 0.3) is 0 Å². The van der Waals surface area contributed by atoms with E-state index in [2.05, 4.69) is 0 Å². The molecule has 0 fully saturated rings. The van der Waals surface area contributed by atoms with Gasteiger partial charge in [-0.3, -0.25) is 10.1 Å². The van der Waals surface area contributed by atoms with Crippen molar-refractivity contribution in [3.63, 3.8) is 0 Å². The molecule has 20 heavy (non-hydrogen) atoms. The lowest BCUT2D eigenvalue weighted by Gasteiger charge is -2.06. The van der Waals surface area contributed by atoms with E-state index in [0.29, 0.717) is 12.1 Å². The summed E-state index contributed by atoms with van der Waals surface area (Å²) < 4.78 is 48.7. The number of nitro benzene ring substituents is 1. The molecule has 0 bridgehead atoms. The number of alkyl halides is 3. The molecule has 2 rings (SSSR count). The Bertz CT molecular complexity index is 544. The highest BCUT2D eigenvalue weighted by Crippen LogP contribution is 2.33. The highest BCUT2D eigenvalue weighted by atomic mass is 19.4. The summed E-state index contributed by atoms with van der Waals surface area (Å²) in [5.41, 5.74) is -2.43. The summed E-state index contributed by atoms with van der Waals surface area (Å²) >= 11 is 0. The normalized spacial score (nSPS) is 10.4.